The van der Waals surface area contributed by atoms with E-state index in [1.54, 1.807) is 0 Å². The van der Waals surface area contributed by atoms with Gasteiger partial charge in [-0.15, -0.1) is 0 Å². The Hall–Kier alpha value is -1.78. The zero-order valence-electron chi connectivity index (χ0n) is 15.9. The van der Waals surface area contributed by atoms with E-state index in [4.69, 9.17) is 0 Å². The minimum Gasteiger partial charge on any atom is -0.354 e. The van der Waals surface area contributed by atoms with E-state index >= 15 is 0 Å². The number of hydrogen-bond donors (Lipinski definition) is 1. The van der Waals surface area contributed by atoms with Crippen LogP contribution >= 0.6 is 0 Å². The molecule has 3 rings (SSSR count). The summed E-state index contributed by atoms with van der Waals surface area (Å²) in [6.07, 6.45) is 6.49. The molecule has 2 amide bonds. The first-order valence-electron chi connectivity index (χ1n) is 9.73. The number of nitrogens with zero attached hydrogens (tertiary/aromatic N) is 2. The van der Waals surface area contributed by atoms with Crippen LogP contribution in [0, 0.1) is 26.7 Å². The average Bonchev–Trinajstić information content (AvgIpc) is 2.83. The molecule has 3 heterocycles. The number of nitrogens with one attached hydrogen (secondary N) is 1. The van der Waals surface area contributed by atoms with Gasteiger partial charge in [0.05, 0.1) is 5.92 Å². The van der Waals surface area contributed by atoms with Crippen molar-refractivity contribution in [3.05, 3.63) is 22.5 Å². The molecule has 1 atom stereocenters. The van der Waals surface area contributed by atoms with Crippen LogP contribution in [0.4, 0.5) is 0 Å². The lowest BCUT2D eigenvalue weighted by Crippen LogP contribution is -2.47. The van der Waals surface area contributed by atoms with E-state index in [1.807, 2.05) is 30.6 Å². The van der Waals surface area contributed by atoms with Crippen molar-refractivity contribution in [1.29, 1.82) is 0 Å². The van der Waals surface area contributed by atoms with Crippen LogP contribution in [0.25, 0.3) is 0 Å². The summed E-state index contributed by atoms with van der Waals surface area (Å²) in [7, 11) is 0. The second-order valence-electron chi connectivity index (χ2n) is 7.70. The van der Waals surface area contributed by atoms with Crippen LogP contribution in [-0.2, 0) is 4.79 Å². The van der Waals surface area contributed by atoms with Crippen molar-refractivity contribution in [3.63, 3.8) is 0 Å². The maximum Gasteiger partial charge on any atom is 0.270 e. The SMILES string of the molecule is Cc1[nH]c(C(=O)N2CCCC(C(=O)N3CCCCCC3)C2)c(C)c1C. The van der Waals surface area contributed by atoms with Crippen LogP contribution in [0.2, 0.25) is 0 Å². The Morgan fingerprint density at radius 1 is 0.880 bits per heavy atom. The lowest BCUT2D eigenvalue weighted by molar-refractivity contribution is -0.136. The number of aromatic nitrogens is 1. The summed E-state index contributed by atoms with van der Waals surface area (Å²) in [5.41, 5.74) is 3.92. The first kappa shape index (κ1) is 18.0. The van der Waals surface area contributed by atoms with E-state index in [0.717, 1.165) is 62.1 Å². The van der Waals surface area contributed by atoms with Crippen LogP contribution in [0.5, 0.6) is 0 Å². The highest BCUT2D eigenvalue weighted by Gasteiger charge is 2.32. The third-order valence-corrected chi connectivity index (χ3v) is 6.00. The standard InChI is InChI=1S/C20H31N3O2/c1-14-15(2)18(21-16(14)3)20(25)23-12-8-9-17(13-23)19(24)22-10-6-4-5-7-11-22/h17,21H,4-13H2,1-3H3. The summed E-state index contributed by atoms with van der Waals surface area (Å²) in [4.78, 5) is 33.0. The molecule has 0 saturated carbocycles. The Morgan fingerprint density at radius 2 is 1.52 bits per heavy atom. The molecular weight excluding hydrogens is 314 g/mol. The third-order valence-electron chi connectivity index (χ3n) is 6.00. The molecule has 0 spiro atoms. The first-order valence-corrected chi connectivity index (χ1v) is 9.73. The number of likely N-dealkylation sites (tertiary alicyclic amines) is 2. The minimum atomic E-state index is -0.0340. The Balaban J connectivity index is 1.68. The fraction of sp³-hybridized carbons (Fsp3) is 0.700. The van der Waals surface area contributed by atoms with E-state index in [0.29, 0.717) is 12.2 Å². The van der Waals surface area contributed by atoms with Gasteiger partial charge in [0, 0.05) is 31.9 Å². The summed E-state index contributed by atoms with van der Waals surface area (Å²) in [6.45, 7) is 9.12. The van der Waals surface area contributed by atoms with Crippen molar-refractivity contribution in [1.82, 2.24) is 14.8 Å². The topological polar surface area (TPSA) is 56.4 Å². The molecule has 5 heteroatoms. The number of aromatic amines is 1. The second kappa shape index (κ2) is 7.63. The van der Waals surface area contributed by atoms with Crippen molar-refractivity contribution in [2.45, 2.75) is 59.3 Å². The molecule has 2 aliphatic heterocycles. The molecule has 2 fully saturated rings. The van der Waals surface area contributed by atoms with E-state index in [2.05, 4.69) is 4.98 Å². The molecule has 2 saturated heterocycles. The van der Waals surface area contributed by atoms with E-state index in [9.17, 15) is 9.59 Å². The quantitative estimate of drug-likeness (QED) is 0.895. The molecule has 1 aromatic heterocycles. The lowest BCUT2D eigenvalue weighted by Gasteiger charge is -2.34. The van der Waals surface area contributed by atoms with Gasteiger partial charge in [-0.05, 0) is 57.6 Å². The molecule has 0 radical (unpaired) electrons. The Bertz CT molecular complexity index is 642. The monoisotopic (exact) mass is 345 g/mol. The predicted octanol–water partition coefficient (Wildman–Crippen LogP) is 3.19. The number of aryl methyl sites for hydroxylation is 1. The summed E-state index contributed by atoms with van der Waals surface area (Å²) in [5.74, 6) is 0.269. The van der Waals surface area contributed by atoms with Crippen molar-refractivity contribution in [2.75, 3.05) is 26.2 Å². The smallest absolute Gasteiger partial charge is 0.270 e. The molecule has 0 bridgehead atoms. The minimum absolute atomic E-state index is 0.0340. The van der Waals surface area contributed by atoms with E-state index in [-0.39, 0.29) is 17.7 Å². The highest BCUT2D eigenvalue weighted by atomic mass is 16.2. The number of carbonyl (C=O) groups is 2. The number of H-pyrrole nitrogens is 1. The number of carbonyl (C=O) groups excluding carboxylic acids is 2. The van der Waals surface area contributed by atoms with Crippen molar-refractivity contribution in [2.24, 2.45) is 5.92 Å². The predicted molar refractivity (Wildman–Crippen MR) is 98.7 cm³/mol. The van der Waals surface area contributed by atoms with Crippen molar-refractivity contribution >= 4 is 11.8 Å². The zero-order chi connectivity index (χ0) is 18.0. The molecule has 1 N–H and O–H groups in total. The summed E-state index contributed by atoms with van der Waals surface area (Å²) < 4.78 is 0. The molecule has 2 aliphatic rings. The first-order chi connectivity index (χ1) is 12.0. The van der Waals surface area contributed by atoms with Crippen LogP contribution in [0.3, 0.4) is 0 Å². The van der Waals surface area contributed by atoms with Gasteiger partial charge in [-0.25, -0.2) is 0 Å². The highest BCUT2D eigenvalue weighted by molar-refractivity contribution is 5.95. The normalized spacial score (nSPS) is 22.0. The van der Waals surface area contributed by atoms with Gasteiger partial charge in [-0.3, -0.25) is 9.59 Å². The summed E-state index contributed by atoms with van der Waals surface area (Å²) >= 11 is 0. The third kappa shape index (κ3) is 3.75. The van der Waals surface area contributed by atoms with Gasteiger partial charge in [-0.2, -0.15) is 0 Å². The Morgan fingerprint density at radius 3 is 2.12 bits per heavy atom. The van der Waals surface area contributed by atoms with E-state index in [1.165, 1.54) is 12.8 Å². The number of hydrogen-bond acceptors (Lipinski definition) is 2. The highest BCUT2D eigenvalue weighted by Crippen LogP contribution is 2.24. The molecule has 25 heavy (non-hydrogen) atoms. The second-order valence-corrected chi connectivity index (χ2v) is 7.70. The molecule has 0 aromatic carbocycles. The maximum atomic E-state index is 13.0. The van der Waals surface area contributed by atoms with E-state index < -0.39 is 0 Å². The van der Waals surface area contributed by atoms with Gasteiger partial charge < -0.3 is 14.8 Å². The van der Waals surface area contributed by atoms with Crippen LogP contribution in [0.1, 0.15) is 65.8 Å². The van der Waals surface area contributed by atoms with Crippen LogP contribution < -0.4 is 0 Å². The van der Waals surface area contributed by atoms with Gasteiger partial charge in [0.2, 0.25) is 5.91 Å². The molecule has 138 valence electrons. The molecule has 1 unspecified atom stereocenters. The molecule has 1 aromatic rings. The van der Waals surface area contributed by atoms with Crippen LogP contribution in [0.15, 0.2) is 0 Å². The number of piperidine rings is 1. The van der Waals surface area contributed by atoms with Gasteiger partial charge in [0.25, 0.3) is 5.91 Å². The Kier molecular flexibility index (Phi) is 5.50. The van der Waals surface area contributed by atoms with Crippen molar-refractivity contribution < 1.29 is 9.59 Å². The Labute approximate surface area is 150 Å². The fourth-order valence-corrected chi connectivity index (χ4v) is 4.13. The molecular formula is C20H31N3O2. The zero-order valence-corrected chi connectivity index (χ0v) is 15.9. The molecule has 0 aliphatic carbocycles. The van der Waals surface area contributed by atoms with Gasteiger partial charge in [0.15, 0.2) is 0 Å². The summed E-state index contributed by atoms with van der Waals surface area (Å²) in [6, 6.07) is 0. The summed E-state index contributed by atoms with van der Waals surface area (Å²) in [5, 5.41) is 0. The largest absolute Gasteiger partial charge is 0.354 e. The van der Waals surface area contributed by atoms with Crippen LogP contribution in [-0.4, -0.2) is 52.8 Å². The number of amides is 2. The number of rotatable bonds is 2. The maximum absolute atomic E-state index is 13.0. The van der Waals surface area contributed by atoms with Crippen molar-refractivity contribution in [3.8, 4) is 0 Å². The fourth-order valence-electron chi connectivity index (χ4n) is 4.13. The van der Waals surface area contributed by atoms with Gasteiger partial charge >= 0.3 is 0 Å². The van der Waals surface area contributed by atoms with Gasteiger partial charge in [-0.1, -0.05) is 12.8 Å². The van der Waals surface area contributed by atoms with Gasteiger partial charge in [0.1, 0.15) is 5.69 Å². The molecule has 5 nitrogen and oxygen atoms in total. The average molecular weight is 345 g/mol. The lowest BCUT2D eigenvalue weighted by atomic mass is 9.95.